The summed E-state index contributed by atoms with van der Waals surface area (Å²) < 4.78 is 5.94. The zero-order valence-electron chi connectivity index (χ0n) is 11.6. The van der Waals surface area contributed by atoms with Crippen LogP contribution in [-0.4, -0.2) is 12.3 Å². The molecule has 0 aliphatic heterocycles. The van der Waals surface area contributed by atoms with Gasteiger partial charge in [-0.1, -0.05) is 11.6 Å². The summed E-state index contributed by atoms with van der Waals surface area (Å²) in [7, 11) is 0. The fourth-order valence-corrected chi connectivity index (χ4v) is 2.53. The van der Waals surface area contributed by atoms with Gasteiger partial charge in [-0.05, 0) is 67.6 Å². The minimum atomic E-state index is 0.0645. The van der Waals surface area contributed by atoms with Gasteiger partial charge >= 0.3 is 0 Å². The summed E-state index contributed by atoms with van der Waals surface area (Å²) in [5.41, 5.74) is 6.90. The molecule has 0 aliphatic carbocycles. The lowest BCUT2D eigenvalue weighted by molar-refractivity contribution is 0.473. The lowest BCUT2D eigenvalue weighted by Crippen LogP contribution is -2.18. The van der Waals surface area contributed by atoms with Crippen LogP contribution < -0.4 is 10.5 Å². The van der Waals surface area contributed by atoms with Crippen LogP contribution >= 0.6 is 23.4 Å². The largest absolute Gasteiger partial charge is 0.457 e. The standard InChI is InChI=1S/C16H18ClNOS/c1-11(18)9-12-10-13(17)3-8-16(12)19-14-4-6-15(20-2)7-5-14/h3-8,10-11H,9,18H2,1-2H3. The maximum absolute atomic E-state index is 6.04. The van der Waals surface area contributed by atoms with E-state index in [2.05, 4.69) is 6.26 Å². The Balaban J connectivity index is 2.22. The van der Waals surface area contributed by atoms with Crippen LogP contribution in [0.15, 0.2) is 47.4 Å². The van der Waals surface area contributed by atoms with Crippen molar-refractivity contribution < 1.29 is 4.74 Å². The van der Waals surface area contributed by atoms with Gasteiger partial charge in [-0.25, -0.2) is 0 Å². The maximum Gasteiger partial charge on any atom is 0.130 e. The predicted molar refractivity (Wildman–Crippen MR) is 87.1 cm³/mol. The highest BCUT2D eigenvalue weighted by Gasteiger charge is 2.08. The number of ether oxygens (including phenoxy) is 1. The van der Waals surface area contributed by atoms with Gasteiger partial charge in [0, 0.05) is 16.0 Å². The smallest absolute Gasteiger partial charge is 0.130 e. The minimum absolute atomic E-state index is 0.0645. The van der Waals surface area contributed by atoms with E-state index in [1.165, 1.54) is 4.90 Å². The normalized spacial score (nSPS) is 12.2. The Morgan fingerprint density at radius 2 is 1.90 bits per heavy atom. The fraction of sp³-hybridized carbons (Fsp3) is 0.250. The van der Waals surface area contributed by atoms with Crippen LogP contribution in [0, 0.1) is 0 Å². The Morgan fingerprint density at radius 3 is 2.50 bits per heavy atom. The zero-order valence-corrected chi connectivity index (χ0v) is 13.2. The third-order valence-electron chi connectivity index (χ3n) is 2.85. The van der Waals surface area contributed by atoms with E-state index in [4.69, 9.17) is 22.1 Å². The Hall–Kier alpha value is -1.16. The van der Waals surface area contributed by atoms with Gasteiger partial charge in [-0.3, -0.25) is 0 Å². The first-order chi connectivity index (χ1) is 9.58. The molecule has 0 fully saturated rings. The van der Waals surface area contributed by atoms with Gasteiger partial charge in [0.15, 0.2) is 0 Å². The monoisotopic (exact) mass is 307 g/mol. The molecule has 2 aromatic carbocycles. The first-order valence-electron chi connectivity index (χ1n) is 6.44. The molecule has 2 rings (SSSR count). The molecule has 0 bridgehead atoms. The third kappa shape index (κ3) is 4.17. The first-order valence-corrected chi connectivity index (χ1v) is 8.04. The molecule has 2 N–H and O–H groups in total. The zero-order chi connectivity index (χ0) is 14.5. The van der Waals surface area contributed by atoms with E-state index in [1.54, 1.807) is 11.8 Å². The van der Waals surface area contributed by atoms with Gasteiger partial charge in [0.05, 0.1) is 0 Å². The molecule has 0 aromatic heterocycles. The molecule has 0 heterocycles. The first kappa shape index (κ1) is 15.2. The van der Waals surface area contributed by atoms with Crippen molar-refractivity contribution in [3.8, 4) is 11.5 Å². The third-order valence-corrected chi connectivity index (χ3v) is 3.83. The number of hydrogen-bond acceptors (Lipinski definition) is 3. The SMILES string of the molecule is CSc1ccc(Oc2ccc(Cl)cc2CC(C)N)cc1. The fourth-order valence-electron chi connectivity index (χ4n) is 1.92. The summed E-state index contributed by atoms with van der Waals surface area (Å²) in [5.74, 6) is 1.62. The molecular weight excluding hydrogens is 290 g/mol. The summed E-state index contributed by atoms with van der Waals surface area (Å²) >= 11 is 7.75. The molecule has 0 amide bonds. The van der Waals surface area contributed by atoms with Crippen molar-refractivity contribution in [1.82, 2.24) is 0 Å². The molecule has 1 unspecified atom stereocenters. The number of nitrogens with two attached hydrogens (primary N) is 1. The topological polar surface area (TPSA) is 35.2 Å². The van der Waals surface area contributed by atoms with E-state index in [0.717, 1.165) is 23.5 Å². The average Bonchev–Trinajstić information content (AvgIpc) is 2.42. The van der Waals surface area contributed by atoms with Crippen molar-refractivity contribution in [2.75, 3.05) is 6.26 Å². The van der Waals surface area contributed by atoms with Gasteiger partial charge in [0.1, 0.15) is 11.5 Å². The maximum atomic E-state index is 6.04. The second-order valence-electron chi connectivity index (χ2n) is 4.71. The second-order valence-corrected chi connectivity index (χ2v) is 6.03. The van der Waals surface area contributed by atoms with Crippen LogP contribution in [0.3, 0.4) is 0 Å². The van der Waals surface area contributed by atoms with Crippen LogP contribution in [0.4, 0.5) is 0 Å². The van der Waals surface area contributed by atoms with Crippen LogP contribution in [-0.2, 0) is 6.42 Å². The van der Waals surface area contributed by atoms with E-state index in [1.807, 2.05) is 49.4 Å². The molecule has 20 heavy (non-hydrogen) atoms. The minimum Gasteiger partial charge on any atom is -0.457 e. The van der Waals surface area contributed by atoms with Crippen molar-refractivity contribution in [2.45, 2.75) is 24.3 Å². The molecule has 0 saturated carbocycles. The molecule has 0 aliphatic rings. The van der Waals surface area contributed by atoms with E-state index in [9.17, 15) is 0 Å². The lowest BCUT2D eigenvalue weighted by atomic mass is 10.1. The molecule has 2 nitrogen and oxygen atoms in total. The molecule has 2 aromatic rings. The summed E-state index contributed by atoms with van der Waals surface area (Å²) in [5, 5.41) is 0.700. The summed E-state index contributed by atoms with van der Waals surface area (Å²) in [4.78, 5) is 1.21. The van der Waals surface area contributed by atoms with Crippen molar-refractivity contribution in [3.63, 3.8) is 0 Å². The van der Waals surface area contributed by atoms with Gasteiger partial charge in [0.2, 0.25) is 0 Å². The Kier molecular flexibility index (Phi) is 5.35. The second kappa shape index (κ2) is 7.02. The lowest BCUT2D eigenvalue weighted by Gasteiger charge is -2.13. The van der Waals surface area contributed by atoms with Crippen LogP contribution in [0.5, 0.6) is 11.5 Å². The molecule has 4 heteroatoms. The van der Waals surface area contributed by atoms with E-state index in [0.29, 0.717) is 5.02 Å². The number of rotatable bonds is 5. The molecule has 0 radical (unpaired) electrons. The van der Waals surface area contributed by atoms with Crippen molar-refractivity contribution in [3.05, 3.63) is 53.1 Å². The van der Waals surface area contributed by atoms with Gasteiger partial charge in [0.25, 0.3) is 0 Å². The summed E-state index contributed by atoms with van der Waals surface area (Å²) in [6.07, 6.45) is 2.79. The highest BCUT2D eigenvalue weighted by Crippen LogP contribution is 2.29. The number of hydrogen-bond donors (Lipinski definition) is 1. The summed E-state index contributed by atoms with van der Waals surface area (Å²) in [6.45, 7) is 1.97. The van der Waals surface area contributed by atoms with Crippen molar-refractivity contribution in [2.24, 2.45) is 5.73 Å². The molecule has 0 saturated heterocycles. The van der Waals surface area contributed by atoms with Gasteiger partial charge in [-0.2, -0.15) is 0 Å². The highest BCUT2D eigenvalue weighted by molar-refractivity contribution is 7.98. The van der Waals surface area contributed by atoms with Crippen molar-refractivity contribution in [1.29, 1.82) is 0 Å². The van der Waals surface area contributed by atoms with Crippen molar-refractivity contribution >= 4 is 23.4 Å². The predicted octanol–water partition coefficient (Wildman–Crippen LogP) is 4.74. The Morgan fingerprint density at radius 1 is 1.20 bits per heavy atom. The Bertz CT molecular complexity index is 569. The Labute approximate surface area is 129 Å². The van der Waals surface area contributed by atoms with Crippen LogP contribution in [0.1, 0.15) is 12.5 Å². The van der Waals surface area contributed by atoms with Gasteiger partial charge < -0.3 is 10.5 Å². The quantitative estimate of drug-likeness (QED) is 0.810. The van der Waals surface area contributed by atoms with E-state index >= 15 is 0 Å². The number of benzene rings is 2. The number of halogens is 1. The molecule has 1 atom stereocenters. The highest BCUT2D eigenvalue weighted by atomic mass is 35.5. The van der Waals surface area contributed by atoms with E-state index < -0.39 is 0 Å². The number of thioether (sulfide) groups is 1. The molecule has 0 spiro atoms. The van der Waals surface area contributed by atoms with Crippen LogP contribution in [0.2, 0.25) is 5.02 Å². The van der Waals surface area contributed by atoms with Gasteiger partial charge in [-0.15, -0.1) is 11.8 Å². The summed E-state index contributed by atoms with van der Waals surface area (Å²) in [6, 6.07) is 13.7. The molecular formula is C16H18ClNOS. The average molecular weight is 308 g/mol. The molecule has 106 valence electrons. The van der Waals surface area contributed by atoms with Crippen LogP contribution in [0.25, 0.3) is 0 Å². The van der Waals surface area contributed by atoms with E-state index in [-0.39, 0.29) is 6.04 Å².